The first-order chi connectivity index (χ1) is 22.7. The van der Waals surface area contributed by atoms with Crippen LogP contribution in [0.4, 0.5) is 5.69 Å². The van der Waals surface area contributed by atoms with Crippen molar-refractivity contribution < 1.29 is 22.7 Å². The van der Waals surface area contributed by atoms with Crippen LogP contribution < -0.4 is 14.4 Å². The van der Waals surface area contributed by atoms with Crippen molar-refractivity contribution >= 4 is 50.7 Å². The van der Waals surface area contributed by atoms with E-state index < -0.39 is 28.5 Å². The molecule has 1 saturated carbocycles. The van der Waals surface area contributed by atoms with Crippen molar-refractivity contribution in [1.82, 2.24) is 10.2 Å². The summed E-state index contributed by atoms with van der Waals surface area (Å²) >= 11 is 12.7. The van der Waals surface area contributed by atoms with E-state index in [1.807, 2.05) is 36.4 Å². The largest absolute Gasteiger partial charge is 0.497 e. The number of sulfonamides is 1. The molecule has 1 fully saturated rings. The van der Waals surface area contributed by atoms with E-state index in [1.54, 1.807) is 54.6 Å². The van der Waals surface area contributed by atoms with Crippen LogP contribution in [0.15, 0.2) is 108 Å². The molecule has 2 amide bonds. The van der Waals surface area contributed by atoms with E-state index in [0.717, 1.165) is 35.6 Å². The Labute approximate surface area is 286 Å². The van der Waals surface area contributed by atoms with Gasteiger partial charge in [-0.2, -0.15) is 0 Å². The molecule has 1 N–H and O–H groups in total. The van der Waals surface area contributed by atoms with E-state index in [1.165, 1.54) is 24.1 Å². The second-order valence-corrected chi connectivity index (χ2v) is 14.2. The van der Waals surface area contributed by atoms with E-state index in [0.29, 0.717) is 21.4 Å². The summed E-state index contributed by atoms with van der Waals surface area (Å²) in [6, 6.07) is 27.8. The molecule has 1 atom stereocenters. The lowest BCUT2D eigenvalue weighted by molar-refractivity contribution is -0.140. The lowest BCUT2D eigenvalue weighted by Gasteiger charge is -2.34. The van der Waals surface area contributed by atoms with Gasteiger partial charge in [0.2, 0.25) is 11.8 Å². The standard InChI is InChI=1S/C36H37Cl2N3O5S/c1-46-31-19-21-32(22-20-31)47(44,45)41(30-17-15-28(37)16-18-30)25-35(42)40(24-27-11-5-8-14-33(27)38)34(23-26-9-3-2-4-10-26)36(43)39-29-12-6-7-13-29/h2-5,8-11,14-22,29,34H,6-7,12-13,23-25H2,1H3,(H,39,43). The van der Waals surface area contributed by atoms with Crippen molar-refractivity contribution in [3.05, 3.63) is 124 Å². The quantitative estimate of drug-likeness (QED) is 0.164. The smallest absolute Gasteiger partial charge is 0.264 e. The van der Waals surface area contributed by atoms with Gasteiger partial charge in [-0.05, 0) is 78.6 Å². The molecule has 8 nitrogen and oxygen atoms in total. The highest BCUT2D eigenvalue weighted by Crippen LogP contribution is 2.28. The number of anilines is 1. The van der Waals surface area contributed by atoms with Crippen LogP contribution in [-0.2, 0) is 32.6 Å². The summed E-state index contributed by atoms with van der Waals surface area (Å²) in [5.41, 5.74) is 1.73. The fraction of sp³-hybridized carbons (Fsp3) is 0.278. The SMILES string of the molecule is COc1ccc(S(=O)(=O)N(CC(=O)N(Cc2ccccc2Cl)C(Cc2ccccc2)C(=O)NC2CCCC2)c2ccc(Cl)cc2)cc1. The van der Waals surface area contributed by atoms with Crippen LogP contribution in [0.2, 0.25) is 10.0 Å². The maximum atomic E-state index is 14.6. The van der Waals surface area contributed by atoms with E-state index in [4.69, 9.17) is 27.9 Å². The molecular formula is C36H37Cl2N3O5S. The van der Waals surface area contributed by atoms with Gasteiger partial charge in [0.05, 0.1) is 17.7 Å². The topological polar surface area (TPSA) is 96.0 Å². The average Bonchev–Trinajstić information content (AvgIpc) is 3.60. The number of hydrogen-bond acceptors (Lipinski definition) is 5. The lowest BCUT2D eigenvalue weighted by Crippen LogP contribution is -2.54. The first kappa shape index (κ1) is 34.3. The van der Waals surface area contributed by atoms with Gasteiger partial charge in [0, 0.05) is 29.1 Å². The van der Waals surface area contributed by atoms with Crippen LogP contribution in [0.1, 0.15) is 36.8 Å². The second-order valence-electron chi connectivity index (χ2n) is 11.5. The van der Waals surface area contributed by atoms with Gasteiger partial charge in [0.25, 0.3) is 10.0 Å². The number of carbonyl (C=O) groups excluding carboxylic acids is 2. The third-order valence-corrected chi connectivity index (χ3v) is 10.7. The maximum Gasteiger partial charge on any atom is 0.264 e. The number of ether oxygens (including phenoxy) is 1. The van der Waals surface area contributed by atoms with Gasteiger partial charge in [0.1, 0.15) is 18.3 Å². The predicted octanol–water partition coefficient (Wildman–Crippen LogP) is 6.90. The first-order valence-electron chi connectivity index (χ1n) is 15.5. The molecule has 4 aromatic rings. The molecule has 11 heteroatoms. The fourth-order valence-electron chi connectivity index (χ4n) is 5.74. The Bertz CT molecular complexity index is 1760. The number of amides is 2. The fourth-order valence-corrected chi connectivity index (χ4v) is 7.48. The first-order valence-corrected chi connectivity index (χ1v) is 17.6. The summed E-state index contributed by atoms with van der Waals surface area (Å²) in [6.45, 7) is -0.590. The molecule has 0 aromatic heterocycles. The van der Waals surface area contributed by atoms with Gasteiger partial charge < -0.3 is 15.0 Å². The normalized spacial score (nSPS) is 13.9. The van der Waals surface area contributed by atoms with Crippen LogP contribution in [0.3, 0.4) is 0 Å². The molecular weight excluding hydrogens is 657 g/mol. The minimum atomic E-state index is -4.26. The molecule has 0 bridgehead atoms. The summed E-state index contributed by atoms with van der Waals surface area (Å²) in [5, 5.41) is 4.01. The summed E-state index contributed by atoms with van der Waals surface area (Å²) < 4.78 is 34.6. The van der Waals surface area contributed by atoms with Gasteiger partial charge >= 0.3 is 0 Å². The van der Waals surface area contributed by atoms with Crippen molar-refractivity contribution in [2.75, 3.05) is 18.0 Å². The molecule has 4 aromatic carbocycles. The van der Waals surface area contributed by atoms with Crippen molar-refractivity contribution in [1.29, 1.82) is 0 Å². The van der Waals surface area contributed by atoms with Crippen LogP contribution in [-0.4, -0.2) is 50.9 Å². The summed E-state index contributed by atoms with van der Waals surface area (Å²) in [6.07, 6.45) is 4.01. The highest BCUT2D eigenvalue weighted by Gasteiger charge is 2.36. The molecule has 0 saturated heterocycles. The zero-order valence-corrected chi connectivity index (χ0v) is 28.3. The van der Waals surface area contributed by atoms with E-state index >= 15 is 0 Å². The molecule has 0 spiro atoms. The summed E-state index contributed by atoms with van der Waals surface area (Å²) in [4.78, 5) is 30.1. The van der Waals surface area contributed by atoms with E-state index in [9.17, 15) is 18.0 Å². The second kappa shape index (κ2) is 15.7. The van der Waals surface area contributed by atoms with Gasteiger partial charge in [0.15, 0.2) is 0 Å². The lowest BCUT2D eigenvalue weighted by atomic mass is 10.0. The van der Waals surface area contributed by atoms with Crippen molar-refractivity contribution in [2.45, 2.75) is 55.6 Å². The molecule has 47 heavy (non-hydrogen) atoms. The number of halogens is 2. The van der Waals surface area contributed by atoms with Crippen LogP contribution in [0, 0.1) is 0 Å². The Kier molecular flexibility index (Phi) is 11.4. The Hall–Kier alpha value is -4.05. The number of nitrogens with zero attached hydrogens (tertiary/aromatic N) is 2. The zero-order valence-electron chi connectivity index (χ0n) is 26.0. The number of hydrogen-bond donors (Lipinski definition) is 1. The highest BCUT2D eigenvalue weighted by atomic mass is 35.5. The van der Waals surface area contributed by atoms with E-state index in [2.05, 4.69) is 5.32 Å². The van der Waals surface area contributed by atoms with Crippen molar-refractivity contribution in [3.63, 3.8) is 0 Å². The Balaban J connectivity index is 1.56. The predicted molar refractivity (Wildman–Crippen MR) is 185 cm³/mol. The van der Waals surface area contributed by atoms with Gasteiger partial charge in [-0.15, -0.1) is 0 Å². The number of methoxy groups -OCH3 is 1. The molecule has 1 unspecified atom stereocenters. The number of carbonyl (C=O) groups is 2. The number of nitrogens with one attached hydrogen (secondary N) is 1. The molecule has 0 radical (unpaired) electrons. The molecule has 1 aliphatic rings. The monoisotopic (exact) mass is 693 g/mol. The number of benzene rings is 4. The average molecular weight is 695 g/mol. The van der Waals surface area contributed by atoms with Gasteiger partial charge in [-0.1, -0.05) is 84.6 Å². The van der Waals surface area contributed by atoms with Crippen molar-refractivity contribution in [2.24, 2.45) is 0 Å². The Morgan fingerprint density at radius 3 is 2.15 bits per heavy atom. The minimum absolute atomic E-state index is 0.00879. The van der Waals surface area contributed by atoms with Crippen molar-refractivity contribution in [3.8, 4) is 5.75 Å². The molecule has 5 rings (SSSR count). The molecule has 246 valence electrons. The van der Waals surface area contributed by atoms with Gasteiger partial charge in [-0.25, -0.2) is 8.42 Å². The minimum Gasteiger partial charge on any atom is -0.497 e. The maximum absolute atomic E-state index is 14.6. The van der Waals surface area contributed by atoms with Crippen LogP contribution in [0.5, 0.6) is 5.75 Å². The summed E-state index contributed by atoms with van der Waals surface area (Å²) in [7, 11) is -2.77. The number of rotatable bonds is 13. The molecule has 0 aliphatic heterocycles. The third kappa shape index (κ3) is 8.66. The van der Waals surface area contributed by atoms with Crippen LogP contribution in [0.25, 0.3) is 0 Å². The molecule has 1 aliphatic carbocycles. The van der Waals surface area contributed by atoms with Crippen LogP contribution >= 0.6 is 23.2 Å². The Morgan fingerprint density at radius 2 is 1.51 bits per heavy atom. The third-order valence-electron chi connectivity index (χ3n) is 8.31. The zero-order chi connectivity index (χ0) is 33.4. The molecule has 0 heterocycles. The highest BCUT2D eigenvalue weighted by molar-refractivity contribution is 7.92. The Morgan fingerprint density at radius 1 is 0.872 bits per heavy atom. The van der Waals surface area contributed by atoms with Gasteiger partial charge in [-0.3, -0.25) is 13.9 Å². The van der Waals surface area contributed by atoms with E-state index in [-0.39, 0.29) is 35.5 Å². The summed E-state index contributed by atoms with van der Waals surface area (Å²) in [5.74, 6) is -0.377.